The molecule has 0 fully saturated rings. The molecule has 0 spiro atoms. The average Bonchev–Trinajstić information content (AvgIpc) is 2.43. The maximum Gasteiger partial charge on any atom is 0.137 e. The van der Waals surface area contributed by atoms with Gasteiger partial charge in [-0.2, -0.15) is 0 Å². The van der Waals surface area contributed by atoms with Gasteiger partial charge in [-0.05, 0) is 41.3 Å². The maximum absolute atomic E-state index is 12.2. The minimum atomic E-state index is 0.120. The predicted molar refractivity (Wildman–Crippen MR) is 89.1 cm³/mol. The van der Waals surface area contributed by atoms with Crippen molar-refractivity contribution in [3.63, 3.8) is 0 Å². The zero-order valence-electron chi connectivity index (χ0n) is 11.8. The van der Waals surface area contributed by atoms with Gasteiger partial charge < -0.3 is 5.73 Å². The molecule has 110 valence electrons. The third-order valence-electron chi connectivity index (χ3n) is 3.47. The van der Waals surface area contributed by atoms with E-state index in [1.165, 1.54) is 0 Å². The van der Waals surface area contributed by atoms with Crippen LogP contribution in [0.3, 0.4) is 0 Å². The number of carbonyl (C=O) groups is 1. The van der Waals surface area contributed by atoms with Gasteiger partial charge >= 0.3 is 0 Å². The van der Waals surface area contributed by atoms with E-state index in [2.05, 4.69) is 0 Å². The molecule has 2 aromatic rings. The van der Waals surface area contributed by atoms with Crippen LogP contribution < -0.4 is 5.73 Å². The molecule has 0 radical (unpaired) electrons. The summed E-state index contributed by atoms with van der Waals surface area (Å²) in [5, 5.41) is 1.08. The largest absolute Gasteiger partial charge is 0.399 e. The summed E-state index contributed by atoms with van der Waals surface area (Å²) in [6, 6.07) is 12.9. The summed E-state index contributed by atoms with van der Waals surface area (Å²) in [6.45, 7) is 2.03. The molecule has 0 amide bonds. The molecule has 2 nitrogen and oxygen atoms in total. The van der Waals surface area contributed by atoms with E-state index in [9.17, 15) is 4.79 Å². The van der Waals surface area contributed by atoms with Gasteiger partial charge in [-0.3, -0.25) is 4.79 Å². The Bertz CT molecular complexity index is 617. The minimum Gasteiger partial charge on any atom is -0.399 e. The molecular weight excluding hydrogens is 305 g/mol. The molecule has 0 aromatic heterocycles. The molecule has 2 aromatic carbocycles. The van der Waals surface area contributed by atoms with Crippen molar-refractivity contribution in [2.45, 2.75) is 25.7 Å². The van der Waals surface area contributed by atoms with Gasteiger partial charge in [0, 0.05) is 28.6 Å². The highest BCUT2D eigenvalue weighted by atomic mass is 35.5. The molecule has 0 saturated heterocycles. The fourth-order valence-electron chi connectivity index (χ4n) is 2.25. The third kappa shape index (κ3) is 4.23. The van der Waals surface area contributed by atoms with E-state index in [4.69, 9.17) is 28.9 Å². The first kappa shape index (κ1) is 15.9. The molecule has 1 atom stereocenters. The zero-order valence-corrected chi connectivity index (χ0v) is 13.3. The number of rotatable bonds is 5. The first-order valence-electron chi connectivity index (χ1n) is 6.77. The monoisotopic (exact) mass is 321 g/mol. The van der Waals surface area contributed by atoms with E-state index < -0.39 is 0 Å². The van der Waals surface area contributed by atoms with Gasteiger partial charge in [0.2, 0.25) is 0 Å². The molecule has 4 heteroatoms. The van der Waals surface area contributed by atoms with Crippen LogP contribution in [0.1, 0.15) is 30.4 Å². The summed E-state index contributed by atoms with van der Waals surface area (Å²) in [5.74, 6) is 0.258. The summed E-state index contributed by atoms with van der Waals surface area (Å²) >= 11 is 12.2. The molecule has 1 unspecified atom stereocenters. The van der Waals surface area contributed by atoms with Gasteiger partial charge in [0.05, 0.1) is 0 Å². The number of halogens is 2. The SMILES string of the molecule is CC(CC(=O)Cc1c(Cl)cccc1Cl)c1ccc(N)cc1. The van der Waals surface area contributed by atoms with Gasteiger partial charge in [0.25, 0.3) is 0 Å². The van der Waals surface area contributed by atoms with Crippen molar-refractivity contribution in [1.29, 1.82) is 0 Å². The van der Waals surface area contributed by atoms with E-state index in [1.807, 2.05) is 31.2 Å². The van der Waals surface area contributed by atoms with Crippen LogP contribution in [0, 0.1) is 0 Å². The number of nitrogens with two attached hydrogens (primary N) is 1. The fraction of sp³-hybridized carbons (Fsp3) is 0.235. The number of Topliss-reactive ketones (excluding diaryl/α,β-unsaturated/α-hetero) is 1. The van der Waals surface area contributed by atoms with Crippen molar-refractivity contribution >= 4 is 34.7 Å². The number of hydrogen-bond donors (Lipinski definition) is 1. The number of carbonyl (C=O) groups excluding carboxylic acids is 1. The molecule has 21 heavy (non-hydrogen) atoms. The molecule has 0 aliphatic heterocycles. The lowest BCUT2D eigenvalue weighted by molar-refractivity contribution is -0.118. The van der Waals surface area contributed by atoms with Crippen LogP contribution in [0.5, 0.6) is 0 Å². The second-order valence-electron chi connectivity index (χ2n) is 5.19. The van der Waals surface area contributed by atoms with E-state index in [0.29, 0.717) is 22.0 Å². The standard InChI is InChI=1S/C17H17Cl2NO/c1-11(12-5-7-13(20)8-6-12)9-14(21)10-15-16(18)3-2-4-17(15)19/h2-8,11H,9-10,20H2,1H3. The lowest BCUT2D eigenvalue weighted by Crippen LogP contribution is -2.08. The van der Waals surface area contributed by atoms with Gasteiger partial charge in [-0.25, -0.2) is 0 Å². The van der Waals surface area contributed by atoms with Crippen LogP contribution in [0.4, 0.5) is 5.69 Å². The number of benzene rings is 2. The van der Waals surface area contributed by atoms with Crippen molar-refractivity contribution in [3.8, 4) is 0 Å². The Labute approximate surface area is 134 Å². The summed E-state index contributed by atoms with van der Waals surface area (Å²) < 4.78 is 0. The van der Waals surface area contributed by atoms with Crippen molar-refractivity contribution in [2.24, 2.45) is 0 Å². The predicted octanol–water partition coefficient (Wildman–Crippen LogP) is 4.88. The van der Waals surface area contributed by atoms with Crippen LogP contribution in [0.2, 0.25) is 10.0 Å². The number of anilines is 1. The summed E-state index contributed by atoms with van der Waals surface area (Å²) in [4.78, 5) is 12.2. The Morgan fingerprint density at radius 1 is 1.10 bits per heavy atom. The molecule has 0 bridgehead atoms. The Balaban J connectivity index is 2.03. The fourth-order valence-corrected chi connectivity index (χ4v) is 2.79. The van der Waals surface area contributed by atoms with Crippen molar-refractivity contribution in [1.82, 2.24) is 0 Å². The molecular formula is C17H17Cl2NO. The lowest BCUT2D eigenvalue weighted by atomic mass is 9.93. The minimum absolute atomic E-state index is 0.120. The Morgan fingerprint density at radius 2 is 1.67 bits per heavy atom. The van der Waals surface area contributed by atoms with Crippen molar-refractivity contribution in [2.75, 3.05) is 5.73 Å². The van der Waals surface area contributed by atoms with Crippen molar-refractivity contribution in [3.05, 3.63) is 63.6 Å². The highest BCUT2D eigenvalue weighted by Gasteiger charge is 2.15. The summed E-state index contributed by atoms with van der Waals surface area (Å²) in [7, 11) is 0. The molecule has 0 heterocycles. The maximum atomic E-state index is 12.2. The number of nitrogen functional groups attached to an aromatic ring is 1. The summed E-state index contributed by atoms with van der Waals surface area (Å²) in [6.07, 6.45) is 0.712. The molecule has 0 aliphatic carbocycles. The van der Waals surface area contributed by atoms with Gasteiger partial charge in [-0.1, -0.05) is 48.3 Å². The average molecular weight is 322 g/mol. The van der Waals surface area contributed by atoms with E-state index in [0.717, 1.165) is 11.3 Å². The topological polar surface area (TPSA) is 43.1 Å². The second kappa shape index (κ2) is 6.97. The smallest absolute Gasteiger partial charge is 0.137 e. The van der Waals surface area contributed by atoms with E-state index in [1.54, 1.807) is 18.2 Å². The Kier molecular flexibility index (Phi) is 5.27. The third-order valence-corrected chi connectivity index (χ3v) is 4.18. The number of hydrogen-bond acceptors (Lipinski definition) is 2. The summed E-state index contributed by atoms with van der Waals surface area (Å²) in [5.41, 5.74) is 8.19. The van der Waals surface area contributed by atoms with Crippen LogP contribution in [0.25, 0.3) is 0 Å². The quantitative estimate of drug-likeness (QED) is 0.797. The second-order valence-corrected chi connectivity index (χ2v) is 6.00. The number of ketones is 1. The van der Waals surface area contributed by atoms with Crippen molar-refractivity contribution < 1.29 is 4.79 Å². The molecule has 2 N–H and O–H groups in total. The van der Waals surface area contributed by atoms with E-state index in [-0.39, 0.29) is 18.1 Å². The first-order valence-corrected chi connectivity index (χ1v) is 7.53. The highest BCUT2D eigenvalue weighted by Crippen LogP contribution is 2.27. The Morgan fingerprint density at radius 3 is 2.24 bits per heavy atom. The zero-order chi connectivity index (χ0) is 15.4. The van der Waals surface area contributed by atoms with Gasteiger partial charge in [0.15, 0.2) is 0 Å². The Hall–Kier alpha value is -1.51. The van der Waals surface area contributed by atoms with Crippen LogP contribution in [-0.2, 0) is 11.2 Å². The molecule has 0 aliphatic rings. The van der Waals surface area contributed by atoms with Crippen LogP contribution in [-0.4, -0.2) is 5.78 Å². The first-order chi connectivity index (χ1) is 9.97. The normalized spacial score (nSPS) is 12.1. The van der Waals surface area contributed by atoms with Crippen LogP contribution >= 0.6 is 23.2 Å². The van der Waals surface area contributed by atoms with Gasteiger partial charge in [0.1, 0.15) is 5.78 Å². The molecule has 2 rings (SSSR count). The van der Waals surface area contributed by atoms with E-state index >= 15 is 0 Å². The highest BCUT2D eigenvalue weighted by molar-refractivity contribution is 6.36. The van der Waals surface area contributed by atoms with Gasteiger partial charge in [-0.15, -0.1) is 0 Å². The molecule has 0 saturated carbocycles. The van der Waals surface area contributed by atoms with Crippen LogP contribution in [0.15, 0.2) is 42.5 Å². The lowest BCUT2D eigenvalue weighted by Gasteiger charge is -2.12.